The van der Waals surface area contributed by atoms with Crippen molar-refractivity contribution in [2.24, 2.45) is 0 Å². The fourth-order valence-electron chi connectivity index (χ4n) is 3.99. The number of amides is 1. The van der Waals surface area contributed by atoms with Crippen LogP contribution in [0.5, 0.6) is 0 Å². The first-order valence-corrected chi connectivity index (χ1v) is 9.50. The molecule has 1 N–H and O–H groups in total. The second-order valence-electron chi connectivity index (χ2n) is 7.20. The van der Waals surface area contributed by atoms with Crippen molar-refractivity contribution in [2.75, 3.05) is 0 Å². The summed E-state index contributed by atoms with van der Waals surface area (Å²) in [5.41, 5.74) is 5.68. The molecule has 0 spiro atoms. The predicted octanol–water partition coefficient (Wildman–Crippen LogP) is 3.51. The monoisotopic (exact) mass is 368 g/mol. The Morgan fingerprint density at radius 2 is 1.75 bits per heavy atom. The van der Waals surface area contributed by atoms with E-state index in [0.717, 1.165) is 34.9 Å². The Bertz CT molecular complexity index is 1140. The molecule has 5 rings (SSSR count). The summed E-state index contributed by atoms with van der Waals surface area (Å²) in [5.74, 6) is -0.0257. The van der Waals surface area contributed by atoms with Crippen LogP contribution in [-0.4, -0.2) is 20.7 Å². The summed E-state index contributed by atoms with van der Waals surface area (Å²) in [6, 6.07) is 18.5. The third-order valence-electron chi connectivity index (χ3n) is 5.41. The fraction of sp³-hybridized carbons (Fsp3) is 0.174. The van der Waals surface area contributed by atoms with Crippen molar-refractivity contribution in [3.63, 3.8) is 0 Å². The average molecular weight is 368 g/mol. The van der Waals surface area contributed by atoms with Gasteiger partial charge in [-0.15, -0.1) is 0 Å². The largest absolute Gasteiger partial charge is 0.348 e. The molecule has 1 heterocycles. The minimum Gasteiger partial charge on any atom is -0.348 e. The fourth-order valence-corrected chi connectivity index (χ4v) is 3.99. The van der Waals surface area contributed by atoms with Gasteiger partial charge >= 0.3 is 0 Å². The van der Waals surface area contributed by atoms with E-state index in [9.17, 15) is 4.79 Å². The number of aromatic nitrogens is 3. The van der Waals surface area contributed by atoms with Crippen LogP contribution in [0.3, 0.4) is 0 Å². The Labute approximate surface area is 163 Å². The van der Waals surface area contributed by atoms with Crippen molar-refractivity contribution in [3.8, 4) is 0 Å². The number of hydrogen-bond acceptors (Lipinski definition) is 3. The van der Waals surface area contributed by atoms with Crippen molar-refractivity contribution in [1.82, 2.24) is 20.1 Å². The van der Waals surface area contributed by atoms with Gasteiger partial charge in [-0.2, -0.15) is 5.10 Å². The number of rotatable bonds is 5. The highest BCUT2D eigenvalue weighted by atomic mass is 16.1. The van der Waals surface area contributed by atoms with E-state index in [1.165, 1.54) is 22.8 Å². The van der Waals surface area contributed by atoms with Crippen LogP contribution < -0.4 is 5.32 Å². The van der Waals surface area contributed by atoms with E-state index in [-0.39, 0.29) is 5.91 Å². The van der Waals surface area contributed by atoms with Crippen LogP contribution in [0, 0.1) is 0 Å². The van der Waals surface area contributed by atoms with Gasteiger partial charge in [-0.1, -0.05) is 48.5 Å². The predicted molar refractivity (Wildman–Crippen MR) is 108 cm³/mol. The Kier molecular flexibility index (Phi) is 4.13. The summed E-state index contributed by atoms with van der Waals surface area (Å²) in [5, 5.41) is 9.52. The molecule has 0 unspecified atom stereocenters. The van der Waals surface area contributed by atoms with Crippen molar-refractivity contribution in [1.29, 1.82) is 0 Å². The van der Waals surface area contributed by atoms with E-state index < -0.39 is 0 Å². The zero-order valence-electron chi connectivity index (χ0n) is 15.4. The minimum atomic E-state index is -0.0257. The Morgan fingerprint density at radius 3 is 2.54 bits per heavy atom. The topological polar surface area (TPSA) is 59.8 Å². The van der Waals surface area contributed by atoms with E-state index in [0.29, 0.717) is 13.1 Å². The zero-order valence-corrected chi connectivity index (χ0v) is 15.4. The van der Waals surface area contributed by atoms with Gasteiger partial charge < -0.3 is 5.32 Å². The number of benzene rings is 3. The second-order valence-corrected chi connectivity index (χ2v) is 7.20. The van der Waals surface area contributed by atoms with Crippen molar-refractivity contribution >= 4 is 16.7 Å². The van der Waals surface area contributed by atoms with Crippen LogP contribution in [0.2, 0.25) is 0 Å². The van der Waals surface area contributed by atoms with Crippen LogP contribution in [-0.2, 0) is 25.9 Å². The highest BCUT2D eigenvalue weighted by Gasteiger charge is 2.18. The lowest BCUT2D eigenvalue weighted by atomic mass is 9.99. The maximum atomic E-state index is 12.8. The molecule has 0 saturated heterocycles. The highest BCUT2D eigenvalue weighted by Crippen LogP contribution is 2.32. The third kappa shape index (κ3) is 3.05. The Hall–Kier alpha value is -3.47. The lowest BCUT2D eigenvalue weighted by molar-refractivity contribution is 0.0952. The molecule has 1 aliphatic rings. The van der Waals surface area contributed by atoms with E-state index in [2.05, 4.69) is 51.8 Å². The molecule has 1 aliphatic carbocycles. The molecule has 3 aromatic carbocycles. The molecule has 5 heteroatoms. The van der Waals surface area contributed by atoms with Crippen molar-refractivity contribution in [3.05, 3.63) is 95.1 Å². The van der Waals surface area contributed by atoms with E-state index in [1.54, 1.807) is 11.0 Å². The molecule has 1 aromatic heterocycles. The molecule has 0 bridgehead atoms. The molecule has 0 fully saturated rings. The van der Waals surface area contributed by atoms with E-state index >= 15 is 0 Å². The molecule has 28 heavy (non-hydrogen) atoms. The Morgan fingerprint density at radius 1 is 0.964 bits per heavy atom. The summed E-state index contributed by atoms with van der Waals surface area (Å²) >= 11 is 0. The Balaban J connectivity index is 1.30. The average Bonchev–Trinajstić information content (AvgIpc) is 3.39. The second kappa shape index (κ2) is 6.93. The van der Waals surface area contributed by atoms with Gasteiger partial charge in [0.25, 0.3) is 5.91 Å². The normalized spacial score (nSPS) is 12.4. The molecule has 0 saturated carbocycles. The SMILES string of the molecule is O=C(NCc1ccc(Cn2cncn2)cc1)c1ccc2c3c(cccc13)CC2. The molecule has 0 atom stereocenters. The van der Waals surface area contributed by atoms with Gasteiger partial charge in [-0.25, -0.2) is 9.67 Å². The highest BCUT2D eigenvalue weighted by molar-refractivity contribution is 6.09. The first-order valence-electron chi connectivity index (χ1n) is 9.50. The van der Waals surface area contributed by atoms with Gasteiger partial charge in [0.2, 0.25) is 0 Å². The molecule has 0 aliphatic heterocycles. The van der Waals surface area contributed by atoms with E-state index in [1.807, 2.05) is 18.2 Å². The number of hydrogen-bond donors (Lipinski definition) is 1. The maximum absolute atomic E-state index is 12.8. The van der Waals surface area contributed by atoms with E-state index in [4.69, 9.17) is 0 Å². The molecule has 0 radical (unpaired) electrons. The summed E-state index contributed by atoms with van der Waals surface area (Å²) in [6.45, 7) is 1.19. The van der Waals surface area contributed by atoms with Crippen LogP contribution in [0.4, 0.5) is 0 Å². The molecule has 4 aromatic rings. The lowest BCUT2D eigenvalue weighted by Crippen LogP contribution is -2.23. The zero-order chi connectivity index (χ0) is 18.9. The number of nitrogens with zero attached hydrogens (tertiary/aromatic N) is 3. The lowest BCUT2D eigenvalue weighted by Gasteiger charge is -2.10. The van der Waals surface area contributed by atoms with Gasteiger partial charge in [0.1, 0.15) is 12.7 Å². The summed E-state index contributed by atoms with van der Waals surface area (Å²) in [4.78, 5) is 16.8. The smallest absolute Gasteiger partial charge is 0.252 e. The van der Waals surface area contributed by atoms with Gasteiger partial charge in [0.15, 0.2) is 0 Å². The molecule has 5 nitrogen and oxygen atoms in total. The van der Waals surface area contributed by atoms with Gasteiger partial charge in [-0.05, 0) is 51.9 Å². The third-order valence-corrected chi connectivity index (χ3v) is 5.41. The van der Waals surface area contributed by atoms with Crippen LogP contribution >= 0.6 is 0 Å². The molecule has 138 valence electrons. The number of nitrogens with one attached hydrogen (secondary N) is 1. The quantitative estimate of drug-likeness (QED) is 0.586. The number of aryl methyl sites for hydroxylation is 2. The minimum absolute atomic E-state index is 0.0257. The summed E-state index contributed by atoms with van der Waals surface area (Å²) < 4.78 is 1.78. The van der Waals surface area contributed by atoms with Gasteiger partial charge in [0, 0.05) is 12.1 Å². The van der Waals surface area contributed by atoms with Crippen molar-refractivity contribution in [2.45, 2.75) is 25.9 Å². The summed E-state index contributed by atoms with van der Waals surface area (Å²) in [6.07, 6.45) is 5.37. The van der Waals surface area contributed by atoms with Gasteiger partial charge in [-0.3, -0.25) is 4.79 Å². The van der Waals surface area contributed by atoms with Crippen LogP contribution in [0.1, 0.15) is 32.6 Å². The summed E-state index contributed by atoms with van der Waals surface area (Å²) in [7, 11) is 0. The first-order chi connectivity index (χ1) is 13.8. The van der Waals surface area contributed by atoms with Crippen LogP contribution in [0.25, 0.3) is 10.8 Å². The van der Waals surface area contributed by atoms with Gasteiger partial charge in [0.05, 0.1) is 6.54 Å². The maximum Gasteiger partial charge on any atom is 0.252 e. The molecular formula is C23H20N4O. The number of carbonyl (C=O) groups is 1. The molecular weight excluding hydrogens is 348 g/mol. The number of carbonyl (C=O) groups excluding carboxylic acids is 1. The van der Waals surface area contributed by atoms with Crippen molar-refractivity contribution < 1.29 is 4.79 Å². The molecule has 1 amide bonds. The van der Waals surface area contributed by atoms with Crippen LogP contribution in [0.15, 0.2) is 67.3 Å². The first kappa shape index (κ1) is 16.7. The standard InChI is InChI=1S/C23H20N4O/c28-23(21-11-10-19-9-8-18-2-1-3-20(21)22(18)19)25-12-16-4-6-17(7-5-16)13-27-15-24-14-26-27/h1-7,10-11,14-15H,8-9,12-13H2,(H,25,28).